The highest BCUT2D eigenvalue weighted by Gasteiger charge is 2.42. The Balaban J connectivity index is 1.38. The van der Waals surface area contributed by atoms with Crippen molar-refractivity contribution in [3.63, 3.8) is 0 Å². The standard InChI is InChI=1S/C19H25N5O3/c1-13-11-14(2)24(18(26)21-13)7-3-16(25)23-8-5-19(6-9-23)17-15(4-10-27-19)12-20-22-17/h11-12H,3-10H2,1-2H3,(H,20,22). The Morgan fingerprint density at radius 1 is 1.33 bits per heavy atom. The van der Waals surface area contributed by atoms with Gasteiger partial charge in [0.15, 0.2) is 0 Å². The molecule has 2 aliphatic heterocycles. The Morgan fingerprint density at radius 3 is 2.85 bits per heavy atom. The van der Waals surface area contributed by atoms with Crippen LogP contribution in [-0.2, 0) is 28.1 Å². The van der Waals surface area contributed by atoms with Crippen molar-refractivity contribution in [2.45, 2.75) is 51.7 Å². The average Bonchev–Trinajstić information content (AvgIpc) is 3.12. The molecule has 2 aromatic rings. The fraction of sp³-hybridized carbons (Fsp3) is 0.579. The minimum absolute atomic E-state index is 0.0670. The van der Waals surface area contributed by atoms with Crippen LogP contribution in [0.2, 0.25) is 0 Å². The number of carbonyl (C=O) groups is 1. The fourth-order valence-electron chi connectivity index (χ4n) is 4.25. The first kappa shape index (κ1) is 17.9. The average molecular weight is 371 g/mol. The van der Waals surface area contributed by atoms with Gasteiger partial charge in [-0.2, -0.15) is 10.1 Å². The van der Waals surface area contributed by atoms with Gasteiger partial charge in [-0.3, -0.25) is 14.5 Å². The summed E-state index contributed by atoms with van der Waals surface area (Å²) >= 11 is 0. The summed E-state index contributed by atoms with van der Waals surface area (Å²) in [5, 5.41) is 7.27. The Bertz CT molecular complexity index is 908. The fourth-order valence-corrected chi connectivity index (χ4v) is 4.25. The number of fused-ring (bicyclic) bond motifs is 2. The minimum Gasteiger partial charge on any atom is -0.368 e. The van der Waals surface area contributed by atoms with Crippen LogP contribution >= 0.6 is 0 Å². The number of likely N-dealkylation sites (tertiary alicyclic amines) is 1. The molecule has 0 radical (unpaired) electrons. The predicted octanol–water partition coefficient (Wildman–Crippen LogP) is 1.06. The van der Waals surface area contributed by atoms with Crippen LogP contribution in [0.25, 0.3) is 0 Å². The Labute approximate surface area is 157 Å². The van der Waals surface area contributed by atoms with E-state index < -0.39 is 0 Å². The van der Waals surface area contributed by atoms with Crippen molar-refractivity contribution in [3.8, 4) is 0 Å². The van der Waals surface area contributed by atoms with E-state index in [1.807, 2.05) is 24.1 Å². The molecule has 1 amide bonds. The molecule has 8 nitrogen and oxygen atoms in total. The number of nitrogens with zero attached hydrogens (tertiary/aromatic N) is 4. The first-order valence-corrected chi connectivity index (χ1v) is 9.48. The summed E-state index contributed by atoms with van der Waals surface area (Å²) in [6, 6.07) is 1.86. The van der Waals surface area contributed by atoms with Crippen LogP contribution < -0.4 is 5.69 Å². The molecule has 0 saturated carbocycles. The lowest BCUT2D eigenvalue weighted by molar-refractivity contribution is -0.141. The van der Waals surface area contributed by atoms with E-state index in [0.717, 1.165) is 30.7 Å². The van der Waals surface area contributed by atoms with Gasteiger partial charge in [0.2, 0.25) is 5.91 Å². The molecule has 1 N–H and O–H groups in total. The number of nitrogens with one attached hydrogen (secondary N) is 1. The number of piperidine rings is 1. The van der Waals surface area contributed by atoms with E-state index >= 15 is 0 Å². The predicted molar refractivity (Wildman–Crippen MR) is 98.3 cm³/mol. The summed E-state index contributed by atoms with van der Waals surface area (Å²) in [6.45, 7) is 6.02. The molecule has 1 saturated heterocycles. The lowest BCUT2D eigenvalue weighted by Gasteiger charge is -2.43. The Kier molecular flexibility index (Phi) is 4.59. The number of aryl methyl sites for hydroxylation is 2. The summed E-state index contributed by atoms with van der Waals surface area (Å²) in [6.07, 6.45) is 4.59. The van der Waals surface area contributed by atoms with E-state index in [1.54, 1.807) is 11.5 Å². The normalized spacial score (nSPS) is 18.5. The molecule has 27 heavy (non-hydrogen) atoms. The van der Waals surface area contributed by atoms with E-state index in [0.29, 0.717) is 38.4 Å². The van der Waals surface area contributed by atoms with Crippen molar-refractivity contribution >= 4 is 5.91 Å². The first-order chi connectivity index (χ1) is 13.0. The zero-order valence-electron chi connectivity index (χ0n) is 15.8. The van der Waals surface area contributed by atoms with Gasteiger partial charge in [-0.15, -0.1) is 0 Å². The second-order valence-corrected chi connectivity index (χ2v) is 7.47. The minimum atomic E-state index is -0.338. The first-order valence-electron chi connectivity index (χ1n) is 9.48. The topological polar surface area (TPSA) is 93.1 Å². The molecular formula is C19H25N5O3. The van der Waals surface area contributed by atoms with Crippen LogP contribution in [0.3, 0.4) is 0 Å². The zero-order valence-corrected chi connectivity index (χ0v) is 15.8. The molecule has 0 bridgehead atoms. The van der Waals surface area contributed by atoms with Gasteiger partial charge in [-0.25, -0.2) is 4.79 Å². The number of aromatic amines is 1. The maximum atomic E-state index is 12.7. The lowest BCUT2D eigenvalue weighted by atomic mass is 9.83. The summed E-state index contributed by atoms with van der Waals surface area (Å²) in [5.74, 6) is 0.0670. The molecule has 1 spiro atoms. The maximum Gasteiger partial charge on any atom is 0.347 e. The van der Waals surface area contributed by atoms with E-state index in [9.17, 15) is 9.59 Å². The second-order valence-electron chi connectivity index (χ2n) is 7.47. The zero-order chi connectivity index (χ0) is 19.0. The van der Waals surface area contributed by atoms with Crippen molar-refractivity contribution in [1.29, 1.82) is 0 Å². The summed E-state index contributed by atoms with van der Waals surface area (Å²) < 4.78 is 7.70. The quantitative estimate of drug-likeness (QED) is 0.871. The Morgan fingerprint density at radius 2 is 2.11 bits per heavy atom. The third-order valence-corrected chi connectivity index (χ3v) is 5.74. The molecule has 4 heterocycles. The molecule has 2 aliphatic rings. The third-order valence-electron chi connectivity index (χ3n) is 5.74. The van der Waals surface area contributed by atoms with Crippen LogP contribution in [0, 0.1) is 13.8 Å². The summed E-state index contributed by atoms with van der Waals surface area (Å²) in [5.41, 5.74) is 3.21. The van der Waals surface area contributed by atoms with Gasteiger partial charge in [0, 0.05) is 37.4 Å². The van der Waals surface area contributed by atoms with Gasteiger partial charge >= 0.3 is 5.69 Å². The van der Waals surface area contributed by atoms with E-state index in [4.69, 9.17) is 4.74 Å². The van der Waals surface area contributed by atoms with Crippen LogP contribution in [0.15, 0.2) is 17.1 Å². The number of hydrogen-bond acceptors (Lipinski definition) is 5. The third kappa shape index (κ3) is 3.29. The van der Waals surface area contributed by atoms with Crippen LogP contribution in [0.4, 0.5) is 0 Å². The number of rotatable bonds is 3. The molecule has 8 heteroatoms. The van der Waals surface area contributed by atoms with Crippen molar-refractivity contribution < 1.29 is 9.53 Å². The maximum absolute atomic E-state index is 12.7. The molecule has 1 fully saturated rings. The monoisotopic (exact) mass is 371 g/mol. The molecule has 0 atom stereocenters. The van der Waals surface area contributed by atoms with E-state index in [1.165, 1.54) is 5.56 Å². The molecule has 144 valence electrons. The molecule has 4 rings (SSSR count). The summed E-state index contributed by atoms with van der Waals surface area (Å²) in [4.78, 5) is 30.5. The highest BCUT2D eigenvalue weighted by molar-refractivity contribution is 5.76. The number of hydrogen-bond donors (Lipinski definition) is 1. The van der Waals surface area contributed by atoms with Crippen LogP contribution in [0.1, 0.15) is 41.9 Å². The van der Waals surface area contributed by atoms with E-state index in [-0.39, 0.29) is 17.2 Å². The molecule has 0 aliphatic carbocycles. The van der Waals surface area contributed by atoms with Crippen LogP contribution in [0.5, 0.6) is 0 Å². The summed E-state index contributed by atoms with van der Waals surface area (Å²) in [7, 11) is 0. The highest BCUT2D eigenvalue weighted by atomic mass is 16.5. The molecule has 2 aromatic heterocycles. The van der Waals surface area contributed by atoms with Gasteiger partial charge in [0.05, 0.1) is 18.5 Å². The molecule has 0 unspecified atom stereocenters. The van der Waals surface area contributed by atoms with Crippen molar-refractivity contribution in [3.05, 3.63) is 45.4 Å². The number of H-pyrrole nitrogens is 1. The molecular weight excluding hydrogens is 346 g/mol. The van der Waals surface area contributed by atoms with Gasteiger partial charge in [-0.05, 0) is 44.7 Å². The van der Waals surface area contributed by atoms with Crippen molar-refractivity contribution in [2.75, 3.05) is 19.7 Å². The highest BCUT2D eigenvalue weighted by Crippen LogP contribution is 2.40. The van der Waals surface area contributed by atoms with Crippen molar-refractivity contribution in [1.82, 2.24) is 24.6 Å². The second kappa shape index (κ2) is 6.92. The van der Waals surface area contributed by atoms with Crippen LogP contribution in [-0.4, -0.2) is 50.3 Å². The smallest absolute Gasteiger partial charge is 0.347 e. The van der Waals surface area contributed by atoms with Gasteiger partial charge in [-0.1, -0.05) is 0 Å². The van der Waals surface area contributed by atoms with Gasteiger partial charge in [0.1, 0.15) is 5.60 Å². The van der Waals surface area contributed by atoms with Crippen molar-refractivity contribution in [2.24, 2.45) is 0 Å². The SMILES string of the molecule is Cc1cc(C)n(CCC(=O)N2CCC3(CC2)OCCc2cn[nH]c23)c(=O)n1. The largest absolute Gasteiger partial charge is 0.368 e. The van der Waals surface area contributed by atoms with Gasteiger partial charge < -0.3 is 9.64 Å². The Hall–Kier alpha value is -2.48. The molecule has 0 aromatic carbocycles. The number of amides is 1. The number of aromatic nitrogens is 4. The van der Waals surface area contributed by atoms with Gasteiger partial charge in [0.25, 0.3) is 0 Å². The number of carbonyl (C=O) groups excluding carboxylic acids is 1. The number of ether oxygens (including phenoxy) is 1. The lowest BCUT2D eigenvalue weighted by Crippen LogP contribution is -2.48. The van der Waals surface area contributed by atoms with E-state index in [2.05, 4.69) is 15.2 Å².